The second-order valence-corrected chi connectivity index (χ2v) is 5.10. The summed E-state index contributed by atoms with van der Waals surface area (Å²) in [5, 5.41) is 0.507. The number of halogens is 1. The van der Waals surface area contributed by atoms with Crippen LogP contribution in [-0.2, 0) is 9.53 Å². The third kappa shape index (κ3) is 4.22. The summed E-state index contributed by atoms with van der Waals surface area (Å²) in [5.41, 5.74) is 1.05. The molecule has 0 amide bonds. The Morgan fingerprint density at radius 2 is 2.06 bits per heavy atom. The summed E-state index contributed by atoms with van der Waals surface area (Å²) in [6.45, 7) is 5.99. The molecule has 1 rings (SSSR count). The van der Waals surface area contributed by atoms with Crippen LogP contribution in [0, 0.1) is 12.8 Å². The van der Waals surface area contributed by atoms with E-state index in [1.54, 1.807) is 12.1 Å². The van der Waals surface area contributed by atoms with Gasteiger partial charge in [-0.1, -0.05) is 31.5 Å². The quantitative estimate of drug-likeness (QED) is 0.767. The average Bonchev–Trinajstić information content (AvgIpc) is 2.30. The second kappa shape index (κ2) is 6.64. The lowest BCUT2D eigenvalue weighted by atomic mass is 10.1. The Morgan fingerprint density at radius 3 is 2.56 bits per heavy atom. The average molecular weight is 271 g/mol. The molecule has 0 aromatic heterocycles. The minimum atomic E-state index is -0.616. The molecule has 0 N–H and O–H groups in total. The molecule has 0 saturated heterocycles. The van der Waals surface area contributed by atoms with E-state index in [0.717, 1.165) is 5.56 Å². The smallest absolute Gasteiger partial charge is 0.347 e. The van der Waals surface area contributed by atoms with Crippen LogP contribution < -0.4 is 4.74 Å². The highest BCUT2D eigenvalue weighted by Crippen LogP contribution is 2.27. The van der Waals surface area contributed by atoms with E-state index in [9.17, 15) is 4.79 Å². The number of rotatable bonds is 5. The number of esters is 1. The molecule has 1 aromatic rings. The van der Waals surface area contributed by atoms with Gasteiger partial charge in [0.1, 0.15) is 5.75 Å². The van der Waals surface area contributed by atoms with Crippen molar-refractivity contribution in [1.29, 1.82) is 0 Å². The molecule has 1 aromatic carbocycles. The molecule has 0 heterocycles. The molecular formula is C14H19ClO3. The number of carbonyl (C=O) groups excluding carboxylic acids is 1. The molecule has 18 heavy (non-hydrogen) atoms. The van der Waals surface area contributed by atoms with Crippen molar-refractivity contribution < 1.29 is 14.3 Å². The van der Waals surface area contributed by atoms with Crippen molar-refractivity contribution in [3.8, 4) is 5.75 Å². The Kier molecular flexibility index (Phi) is 5.48. The highest BCUT2D eigenvalue weighted by atomic mass is 35.5. The fourth-order valence-corrected chi connectivity index (χ4v) is 1.89. The summed E-state index contributed by atoms with van der Waals surface area (Å²) in [5.74, 6) is 0.469. The summed E-state index contributed by atoms with van der Waals surface area (Å²) in [7, 11) is 1.36. The molecule has 0 aliphatic rings. The van der Waals surface area contributed by atoms with Crippen LogP contribution in [0.4, 0.5) is 0 Å². The Balaban J connectivity index is 2.85. The molecule has 0 saturated carbocycles. The van der Waals surface area contributed by atoms with E-state index < -0.39 is 6.10 Å². The van der Waals surface area contributed by atoms with E-state index in [1.165, 1.54) is 7.11 Å². The van der Waals surface area contributed by atoms with Gasteiger partial charge in [-0.2, -0.15) is 0 Å². The van der Waals surface area contributed by atoms with Crippen LogP contribution in [0.15, 0.2) is 18.2 Å². The zero-order valence-corrected chi connectivity index (χ0v) is 12.0. The van der Waals surface area contributed by atoms with Gasteiger partial charge in [-0.25, -0.2) is 4.79 Å². The van der Waals surface area contributed by atoms with Crippen LogP contribution in [-0.4, -0.2) is 19.2 Å². The molecule has 0 spiro atoms. The number of methoxy groups -OCH3 is 1. The SMILES string of the molecule is COC(=O)[C@@H](CC(C)C)Oc1ccc(C)cc1Cl. The van der Waals surface area contributed by atoms with E-state index in [1.807, 2.05) is 26.8 Å². The molecule has 0 aliphatic heterocycles. The third-order valence-corrected chi connectivity index (χ3v) is 2.80. The molecule has 0 fully saturated rings. The van der Waals surface area contributed by atoms with Gasteiger partial charge in [-0.3, -0.25) is 0 Å². The normalized spacial score (nSPS) is 12.3. The predicted octanol–water partition coefficient (Wildman–Crippen LogP) is 3.61. The molecule has 0 radical (unpaired) electrons. The number of hydrogen-bond acceptors (Lipinski definition) is 3. The summed E-state index contributed by atoms with van der Waals surface area (Å²) in [4.78, 5) is 11.6. The van der Waals surface area contributed by atoms with Crippen molar-refractivity contribution in [2.75, 3.05) is 7.11 Å². The zero-order chi connectivity index (χ0) is 13.7. The molecule has 0 bridgehead atoms. The minimum absolute atomic E-state index is 0.332. The van der Waals surface area contributed by atoms with E-state index in [-0.39, 0.29) is 5.97 Å². The zero-order valence-electron chi connectivity index (χ0n) is 11.2. The van der Waals surface area contributed by atoms with Gasteiger partial charge in [-0.05, 0) is 37.0 Å². The fraction of sp³-hybridized carbons (Fsp3) is 0.500. The van der Waals surface area contributed by atoms with Crippen molar-refractivity contribution in [1.82, 2.24) is 0 Å². The van der Waals surface area contributed by atoms with Gasteiger partial charge in [0.25, 0.3) is 0 Å². The van der Waals surface area contributed by atoms with E-state index in [2.05, 4.69) is 0 Å². The lowest BCUT2D eigenvalue weighted by molar-refractivity contribution is -0.149. The molecule has 100 valence electrons. The monoisotopic (exact) mass is 270 g/mol. The van der Waals surface area contributed by atoms with Crippen molar-refractivity contribution in [3.63, 3.8) is 0 Å². The molecule has 0 unspecified atom stereocenters. The largest absolute Gasteiger partial charge is 0.477 e. The first kappa shape index (κ1) is 14.8. The van der Waals surface area contributed by atoms with E-state index in [0.29, 0.717) is 23.1 Å². The van der Waals surface area contributed by atoms with Crippen molar-refractivity contribution >= 4 is 17.6 Å². The molecule has 1 atom stereocenters. The van der Waals surface area contributed by atoms with Crippen LogP contribution in [0.1, 0.15) is 25.8 Å². The van der Waals surface area contributed by atoms with Crippen LogP contribution >= 0.6 is 11.6 Å². The minimum Gasteiger partial charge on any atom is -0.477 e. The maximum Gasteiger partial charge on any atom is 0.347 e. The second-order valence-electron chi connectivity index (χ2n) is 4.69. The number of carbonyl (C=O) groups is 1. The van der Waals surface area contributed by atoms with Gasteiger partial charge in [0.15, 0.2) is 6.10 Å². The summed E-state index contributed by atoms with van der Waals surface area (Å²) in [6, 6.07) is 5.47. The third-order valence-electron chi connectivity index (χ3n) is 2.51. The first-order valence-electron chi connectivity index (χ1n) is 5.94. The van der Waals surface area contributed by atoms with Crippen LogP contribution in [0.25, 0.3) is 0 Å². The Bertz CT molecular complexity index is 416. The molecule has 3 nitrogen and oxygen atoms in total. The summed E-state index contributed by atoms with van der Waals surface area (Å²) < 4.78 is 10.4. The van der Waals surface area contributed by atoms with Gasteiger partial charge < -0.3 is 9.47 Å². The lowest BCUT2D eigenvalue weighted by Gasteiger charge is -2.19. The van der Waals surface area contributed by atoms with Gasteiger partial charge in [-0.15, -0.1) is 0 Å². The first-order valence-corrected chi connectivity index (χ1v) is 6.32. The maximum atomic E-state index is 11.6. The number of hydrogen-bond donors (Lipinski definition) is 0. The number of aryl methyl sites for hydroxylation is 1. The lowest BCUT2D eigenvalue weighted by Crippen LogP contribution is -2.30. The Labute approximate surface area is 113 Å². The molecule has 0 aliphatic carbocycles. The van der Waals surface area contributed by atoms with Gasteiger partial charge in [0.05, 0.1) is 12.1 Å². The Hall–Kier alpha value is -1.22. The van der Waals surface area contributed by atoms with Crippen molar-refractivity contribution in [3.05, 3.63) is 28.8 Å². The van der Waals surface area contributed by atoms with Crippen LogP contribution in [0.5, 0.6) is 5.75 Å². The van der Waals surface area contributed by atoms with Crippen molar-refractivity contribution in [2.45, 2.75) is 33.3 Å². The van der Waals surface area contributed by atoms with E-state index in [4.69, 9.17) is 21.1 Å². The summed E-state index contributed by atoms with van der Waals surface area (Å²) in [6.07, 6.45) is -0.0214. The topological polar surface area (TPSA) is 35.5 Å². The first-order chi connectivity index (χ1) is 8.43. The van der Waals surface area contributed by atoms with Crippen LogP contribution in [0.3, 0.4) is 0 Å². The molecule has 4 heteroatoms. The molecular weight excluding hydrogens is 252 g/mol. The summed E-state index contributed by atoms with van der Waals surface area (Å²) >= 11 is 6.08. The number of ether oxygens (including phenoxy) is 2. The standard InChI is InChI=1S/C14H19ClO3/c1-9(2)7-13(14(16)17-4)18-12-6-5-10(3)8-11(12)15/h5-6,8-9,13H,7H2,1-4H3/t13-/m1/s1. The predicted molar refractivity (Wildman–Crippen MR) is 72.1 cm³/mol. The van der Waals surface area contributed by atoms with E-state index >= 15 is 0 Å². The van der Waals surface area contributed by atoms with Gasteiger partial charge in [0, 0.05) is 0 Å². The highest BCUT2D eigenvalue weighted by molar-refractivity contribution is 6.32. The number of benzene rings is 1. The highest BCUT2D eigenvalue weighted by Gasteiger charge is 2.23. The van der Waals surface area contributed by atoms with Gasteiger partial charge in [0.2, 0.25) is 0 Å². The Morgan fingerprint density at radius 1 is 1.39 bits per heavy atom. The van der Waals surface area contributed by atoms with Gasteiger partial charge >= 0.3 is 5.97 Å². The van der Waals surface area contributed by atoms with Crippen LogP contribution in [0.2, 0.25) is 5.02 Å². The maximum absolute atomic E-state index is 11.6. The fourth-order valence-electron chi connectivity index (χ4n) is 1.61. The van der Waals surface area contributed by atoms with Crippen molar-refractivity contribution in [2.24, 2.45) is 5.92 Å².